The highest BCUT2D eigenvalue weighted by Gasteiger charge is 2.40. The highest BCUT2D eigenvalue weighted by atomic mass is 16.2. The van der Waals surface area contributed by atoms with Crippen LogP contribution < -0.4 is 11.1 Å². The standard InChI is InChI=1S/C19H22N4O2/c20-18(24)16-6-7-17(23(16)13-15-4-2-1-3-5-15)19(25)22-12-14-8-10-21-11-9-14/h1-5,8-11,16-17H,6-7,12-13H2,(H2,20,24)(H,22,25)/t16-,17+/m0/s1. The second-order valence-corrected chi connectivity index (χ2v) is 6.24. The van der Waals surface area contributed by atoms with Crippen molar-refractivity contribution < 1.29 is 9.59 Å². The van der Waals surface area contributed by atoms with Gasteiger partial charge < -0.3 is 11.1 Å². The molecule has 0 radical (unpaired) electrons. The Hall–Kier alpha value is -2.73. The quantitative estimate of drug-likeness (QED) is 0.829. The van der Waals surface area contributed by atoms with Crippen molar-refractivity contribution in [1.82, 2.24) is 15.2 Å². The van der Waals surface area contributed by atoms with Crippen molar-refractivity contribution >= 4 is 11.8 Å². The van der Waals surface area contributed by atoms with Gasteiger partial charge in [-0.05, 0) is 36.1 Å². The molecule has 6 nitrogen and oxygen atoms in total. The van der Waals surface area contributed by atoms with Crippen molar-refractivity contribution in [2.24, 2.45) is 5.73 Å². The fourth-order valence-electron chi connectivity index (χ4n) is 3.27. The van der Waals surface area contributed by atoms with Crippen LogP contribution in [0, 0.1) is 0 Å². The largest absolute Gasteiger partial charge is 0.368 e. The maximum absolute atomic E-state index is 12.7. The molecule has 1 fully saturated rings. The lowest BCUT2D eigenvalue weighted by molar-refractivity contribution is -0.128. The Bertz CT molecular complexity index is 721. The lowest BCUT2D eigenvalue weighted by atomic mass is 10.1. The molecule has 1 aliphatic rings. The van der Waals surface area contributed by atoms with Gasteiger partial charge in [0.25, 0.3) is 0 Å². The van der Waals surface area contributed by atoms with Crippen LogP contribution in [0.2, 0.25) is 0 Å². The number of amides is 2. The van der Waals surface area contributed by atoms with Crippen LogP contribution in [-0.2, 0) is 22.7 Å². The molecular formula is C19H22N4O2. The van der Waals surface area contributed by atoms with E-state index in [1.807, 2.05) is 47.4 Å². The van der Waals surface area contributed by atoms with Gasteiger partial charge in [0.2, 0.25) is 11.8 Å². The minimum absolute atomic E-state index is 0.0727. The normalized spacial score (nSPS) is 20.3. The molecule has 25 heavy (non-hydrogen) atoms. The molecule has 1 aromatic carbocycles. The van der Waals surface area contributed by atoms with Crippen LogP contribution in [0.1, 0.15) is 24.0 Å². The Morgan fingerprint density at radius 1 is 1.04 bits per heavy atom. The molecule has 2 heterocycles. The number of pyridine rings is 1. The molecule has 130 valence electrons. The maximum Gasteiger partial charge on any atom is 0.237 e. The van der Waals surface area contributed by atoms with Crippen molar-refractivity contribution in [2.45, 2.75) is 38.0 Å². The fourth-order valence-corrected chi connectivity index (χ4v) is 3.27. The Morgan fingerprint density at radius 2 is 1.72 bits per heavy atom. The molecule has 3 N–H and O–H groups in total. The third-order valence-electron chi connectivity index (χ3n) is 4.57. The number of carbonyl (C=O) groups excluding carboxylic acids is 2. The van der Waals surface area contributed by atoms with Gasteiger partial charge in [0.1, 0.15) is 0 Å². The molecule has 6 heteroatoms. The number of nitrogens with zero attached hydrogens (tertiary/aromatic N) is 2. The molecule has 2 amide bonds. The summed E-state index contributed by atoms with van der Waals surface area (Å²) in [6, 6.07) is 12.8. The van der Waals surface area contributed by atoms with Crippen LogP contribution in [0.4, 0.5) is 0 Å². The summed E-state index contributed by atoms with van der Waals surface area (Å²) in [7, 11) is 0. The summed E-state index contributed by atoms with van der Waals surface area (Å²) in [5.41, 5.74) is 7.60. The van der Waals surface area contributed by atoms with Crippen molar-refractivity contribution in [3.63, 3.8) is 0 Å². The third-order valence-corrected chi connectivity index (χ3v) is 4.57. The molecule has 3 rings (SSSR count). The number of rotatable bonds is 6. The average Bonchev–Trinajstić information content (AvgIpc) is 3.05. The maximum atomic E-state index is 12.7. The van der Waals surface area contributed by atoms with Gasteiger partial charge >= 0.3 is 0 Å². The number of nitrogens with one attached hydrogen (secondary N) is 1. The zero-order valence-corrected chi connectivity index (χ0v) is 14.0. The molecular weight excluding hydrogens is 316 g/mol. The number of aromatic nitrogens is 1. The summed E-state index contributed by atoms with van der Waals surface area (Å²) in [4.78, 5) is 30.3. The van der Waals surface area contributed by atoms with Crippen molar-refractivity contribution in [3.05, 3.63) is 66.0 Å². The Kier molecular flexibility index (Phi) is 5.40. The topological polar surface area (TPSA) is 88.3 Å². The second-order valence-electron chi connectivity index (χ2n) is 6.24. The number of nitrogens with two attached hydrogens (primary N) is 1. The summed E-state index contributed by atoms with van der Waals surface area (Å²) >= 11 is 0. The van der Waals surface area contributed by atoms with E-state index in [9.17, 15) is 9.59 Å². The van der Waals surface area contributed by atoms with Gasteiger partial charge in [0.15, 0.2) is 0 Å². The summed E-state index contributed by atoms with van der Waals surface area (Å²) in [5.74, 6) is -0.447. The van der Waals surface area contributed by atoms with E-state index < -0.39 is 6.04 Å². The number of primary amides is 1. The first-order valence-electron chi connectivity index (χ1n) is 8.41. The number of hydrogen-bond acceptors (Lipinski definition) is 4. The molecule has 2 aromatic rings. The van der Waals surface area contributed by atoms with Gasteiger partial charge in [-0.3, -0.25) is 19.5 Å². The number of benzene rings is 1. The van der Waals surface area contributed by atoms with E-state index in [2.05, 4.69) is 10.3 Å². The first-order valence-corrected chi connectivity index (χ1v) is 8.41. The molecule has 1 aromatic heterocycles. The number of carbonyl (C=O) groups is 2. The first kappa shape index (κ1) is 17.1. The minimum Gasteiger partial charge on any atom is -0.368 e. The van der Waals surface area contributed by atoms with Gasteiger partial charge in [0.05, 0.1) is 12.1 Å². The van der Waals surface area contributed by atoms with Gasteiger partial charge in [-0.25, -0.2) is 0 Å². The lowest BCUT2D eigenvalue weighted by Crippen LogP contribution is -2.49. The van der Waals surface area contributed by atoms with Crippen LogP contribution in [0.3, 0.4) is 0 Å². The van der Waals surface area contributed by atoms with E-state index in [0.29, 0.717) is 25.9 Å². The molecule has 0 unspecified atom stereocenters. The Morgan fingerprint density at radius 3 is 2.40 bits per heavy atom. The summed E-state index contributed by atoms with van der Waals surface area (Å²) < 4.78 is 0. The lowest BCUT2D eigenvalue weighted by Gasteiger charge is -2.28. The summed E-state index contributed by atoms with van der Waals surface area (Å²) in [5, 5.41) is 2.96. The number of likely N-dealkylation sites (tertiary alicyclic amines) is 1. The monoisotopic (exact) mass is 338 g/mol. The van der Waals surface area contributed by atoms with E-state index in [-0.39, 0.29) is 17.9 Å². The van der Waals surface area contributed by atoms with E-state index in [4.69, 9.17) is 5.73 Å². The molecule has 0 bridgehead atoms. The van der Waals surface area contributed by atoms with Gasteiger partial charge in [-0.1, -0.05) is 30.3 Å². The molecule has 1 aliphatic heterocycles. The van der Waals surface area contributed by atoms with Crippen molar-refractivity contribution in [2.75, 3.05) is 0 Å². The molecule has 0 aliphatic carbocycles. The van der Waals surface area contributed by atoms with Gasteiger partial charge in [-0.15, -0.1) is 0 Å². The fraction of sp³-hybridized carbons (Fsp3) is 0.316. The Balaban J connectivity index is 1.69. The van der Waals surface area contributed by atoms with Crippen LogP contribution in [-0.4, -0.2) is 33.8 Å². The van der Waals surface area contributed by atoms with Gasteiger partial charge in [0, 0.05) is 25.5 Å². The third kappa shape index (κ3) is 4.22. The molecule has 1 saturated heterocycles. The van der Waals surface area contributed by atoms with Crippen LogP contribution in [0.5, 0.6) is 0 Å². The van der Waals surface area contributed by atoms with E-state index in [1.54, 1.807) is 12.4 Å². The zero-order chi connectivity index (χ0) is 17.6. The molecule has 2 atom stereocenters. The van der Waals surface area contributed by atoms with Crippen molar-refractivity contribution in [1.29, 1.82) is 0 Å². The highest BCUT2D eigenvalue weighted by Crippen LogP contribution is 2.26. The number of hydrogen-bond donors (Lipinski definition) is 2. The molecule has 0 spiro atoms. The zero-order valence-electron chi connectivity index (χ0n) is 14.0. The second kappa shape index (κ2) is 7.90. The van der Waals surface area contributed by atoms with Crippen molar-refractivity contribution in [3.8, 4) is 0 Å². The van der Waals surface area contributed by atoms with E-state index in [1.165, 1.54) is 0 Å². The molecule has 0 saturated carbocycles. The summed E-state index contributed by atoms with van der Waals surface area (Å²) in [6.45, 7) is 0.972. The summed E-state index contributed by atoms with van der Waals surface area (Å²) in [6.07, 6.45) is 4.63. The first-order chi connectivity index (χ1) is 12.1. The Labute approximate surface area is 147 Å². The average molecular weight is 338 g/mol. The van der Waals surface area contributed by atoms with Crippen LogP contribution >= 0.6 is 0 Å². The predicted molar refractivity (Wildman–Crippen MR) is 94.1 cm³/mol. The predicted octanol–water partition coefficient (Wildman–Crippen LogP) is 1.22. The van der Waals surface area contributed by atoms with Crippen LogP contribution in [0.25, 0.3) is 0 Å². The smallest absolute Gasteiger partial charge is 0.237 e. The van der Waals surface area contributed by atoms with Gasteiger partial charge in [-0.2, -0.15) is 0 Å². The SMILES string of the molecule is NC(=O)[C@@H]1CC[C@H](C(=O)NCc2ccncc2)N1Cc1ccccc1. The van der Waals surface area contributed by atoms with E-state index in [0.717, 1.165) is 11.1 Å². The van der Waals surface area contributed by atoms with Crippen LogP contribution in [0.15, 0.2) is 54.9 Å². The minimum atomic E-state index is -0.406. The highest BCUT2D eigenvalue weighted by molar-refractivity contribution is 5.86. The van der Waals surface area contributed by atoms with E-state index >= 15 is 0 Å².